The molecule has 0 unspecified atom stereocenters. The number of allylic oxidation sites excluding steroid dienone is 1. The Kier molecular flexibility index (Phi) is 12.8. The van der Waals surface area contributed by atoms with E-state index in [1.54, 1.807) is 36.4 Å². The van der Waals surface area contributed by atoms with Gasteiger partial charge in [0.05, 0.1) is 37.2 Å². The minimum atomic E-state index is -0.301. The molecule has 54 heavy (non-hydrogen) atoms. The molecule has 0 spiro atoms. The van der Waals surface area contributed by atoms with Crippen molar-refractivity contribution in [2.45, 2.75) is 87.8 Å². The van der Waals surface area contributed by atoms with E-state index in [0.717, 1.165) is 24.0 Å². The van der Waals surface area contributed by atoms with Crippen LogP contribution in [0.1, 0.15) is 76.3 Å². The Morgan fingerprint density at radius 3 is 1.28 bits per heavy atom. The van der Waals surface area contributed by atoms with E-state index in [-0.39, 0.29) is 53.0 Å². The van der Waals surface area contributed by atoms with E-state index in [9.17, 15) is 29.7 Å². The minimum absolute atomic E-state index is 0.0474. The molecular weight excluding hydrogens is 721 g/mol. The Morgan fingerprint density at radius 1 is 0.593 bits per heavy atom. The van der Waals surface area contributed by atoms with Crippen LogP contribution in [0.3, 0.4) is 0 Å². The number of esters is 2. The van der Waals surface area contributed by atoms with Crippen molar-refractivity contribution in [2.24, 2.45) is 23.7 Å². The maximum atomic E-state index is 13.5. The lowest BCUT2D eigenvalue weighted by Gasteiger charge is -2.27. The number of nitrogens with zero attached hydrogens (tertiary/aromatic N) is 2. The molecule has 2 N–H and O–H groups in total. The number of fused-ring (bicyclic) bond motifs is 1. The van der Waals surface area contributed by atoms with E-state index in [0.29, 0.717) is 88.3 Å². The summed E-state index contributed by atoms with van der Waals surface area (Å²) in [5, 5.41) is 25.3. The van der Waals surface area contributed by atoms with Gasteiger partial charge in [0.25, 0.3) is 0 Å². The number of nitrogens with one attached hydrogen (secondary N) is 2. The average Bonchev–Trinajstić information content (AvgIpc) is 3.66. The number of thioether (sulfide) groups is 2. The third-order valence-corrected chi connectivity index (χ3v) is 13.1. The number of rotatable bonds is 10. The van der Waals surface area contributed by atoms with E-state index in [1.807, 2.05) is 36.4 Å². The normalized spacial score (nSPS) is 20.4. The van der Waals surface area contributed by atoms with Gasteiger partial charge in [-0.2, -0.15) is 10.5 Å². The van der Waals surface area contributed by atoms with E-state index < -0.39 is 0 Å². The number of hydrogen-bond donors (Lipinski definition) is 2. The number of ether oxygens (including phenoxy) is 2. The molecule has 10 nitrogen and oxygen atoms in total. The van der Waals surface area contributed by atoms with Gasteiger partial charge in [0.2, 0.25) is 11.8 Å². The molecule has 6 rings (SSSR count). The van der Waals surface area contributed by atoms with Gasteiger partial charge in [-0.25, -0.2) is 0 Å². The SMILES string of the molecule is CCc1ccc(OC(=O)C2CCC(C(=O)Nc3ccc(NC(=O)C4CCC(C(=O)Oc5ccc(CC)cc5)CC4)c4c3SC(=C(C#N)C#N)S4)CC2)cc1. The number of anilines is 2. The summed E-state index contributed by atoms with van der Waals surface area (Å²) in [5.41, 5.74) is 3.33. The zero-order valence-corrected chi connectivity index (χ0v) is 31.9. The fourth-order valence-electron chi connectivity index (χ4n) is 7.02. The fourth-order valence-corrected chi connectivity index (χ4v) is 9.56. The van der Waals surface area contributed by atoms with E-state index in [2.05, 4.69) is 24.5 Å². The zero-order valence-electron chi connectivity index (χ0n) is 30.3. The summed E-state index contributed by atoms with van der Waals surface area (Å²) in [6.45, 7) is 4.13. The van der Waals surface area contributed by atoms with Gasteiger partial charge in [0, 0.05) is 11.8 Å². The topological polar surface area (TPSA) is 158 Å². The molecule has 3 aromatic rings. The van der Waals surface area contributed by atoms with Crippen molar-refractivity contribution in [3.63, 3.8) is 0 Å². The smallest absolute Gasteiger partial charge is 0.314 e. The molecule has 1 aliphatic heterocycles. The molecule has 3 aromatic carbocycles. The molecule has 2 amide bonds. The van der Waals surface area contributed by atoms with Crippen LogP contribution in [0.15, 0.2) is 80.3 Å². The second-order valence-corrected chi connectivity index (χ2v) is 16.1. The summed E-state index contributed by atoms with van der Waals surface area (Å²) < 4.78 is 11.7. The Morgan fingerprint density at radius 2 is 0.944 bits per heavy atom. The van der Waals surface area contributed by atoms with Crippen LogP contribution in [0.5, 0.6) is 11.5 Å². The highest BCUT2D eigenvalue weighted by Gasteiger charge is 2.35. The first kappa shape index (κ1) is 38.7. The van der Waals surface area contributed by atoms with Gasteiger partial charge in [-0.3, -0.25) is 19.2 Å². The largest absolute Gasteiger partial charge is 0.426 e. The second kappa shape index (κ2) is 17.9. The minimum Gasteiger partial charge on any atom is -0.426 e. The van der Waals surface area contributed by atoms with Gasteiger partial charge in [-0.15, -0.1) is 0 Å². The molecule has 2 fully saturated rings. The Bertz CT molecular complexity index is 1870. The average molecular weight is 763 g/mol. The lowest BCUT2D eigenvalue weighted by atomic mass is 9.81. The predicted octanol–water partition coefficient (Wildman–Crippen LogP) is 8.97. The number of hydrogen-bond acceptors (Lipinski definition) is 10. The van der Waals surface area contributed by atoms with Gasteiger partial charge in [0.15, 0.2) is 0 Å². The fraction of sp³-hybridized carbons (Fsp3) is 0.381. The Hall–Kier alpha value is -5.04. The van der Waals surface area contributed by atoms with Crippen molar-refractivity contribution in [1.82, 2.24) is 0 Å². The lowest BCUT2D eigenvalue weighted by Crippen LogP contribution is -2.31. The van der Waals surface area contributed by atoms with Crippen molar-refractivity contribution >= 4 is 58.7 Å². The summed E-state index contributed by atoms with van der Waals surface area (Å²) in [6, 6.07) is 22.3. The van der Waals surface area contributed by atoms with Gasteiger partial charge in [-0.1, -0.05) is 61.6 Å². The first-order chi connectivity index (χ1) is 26.2. The van der Waals surface area contributed by atoms with Crippen molar-refractivity contribution in [1.29, 1.82) is 10.5 Å². The van der Waals surface area contributed by atoms with Crippen LogP contribution in [0.2, 0.25) is 0 Å². The van der Waals surface area contributed by atoms with Crippen molar-refractivity contribution in [2.75, 3.05) is 10.6 Å². The van der Waals surface area contributed by atoms with Gasteiger partial charge < -0.3 is 20.1 Å². The molecule has 0 bridgehead atoms. The zero-order chi connectivity index (χ0) is 38.2. The number of amides is 2. The molecule has 12 heteroatoms. The quantitative estimate of drug-likeness (QED) is 0.116. The predicted molar refractivity (Wildman–Crippen MR) is 207 cm³/mol. The molecule has 3 aliphatic rings. The summed E-state index contributed by atoms with van der Waals surface area (Å²) in [7, 11) is 0. The number of nitriles is 2. The van der Waals surface area contributed by atoms with Crippen LogP contribution in [0.25, 0.3) is 0 Å². The Labute approximate surface area is 324 Å². The summed E-state index contributed by atoms with van der Waals surface area (Å²) >= 11 is 2.44. The molecule has 1 heterocycles. The standard InChI is InChI=1S/C42H42N4O6S2/c1-3-25-5-17-32(18-6-25)51-40(49)29-13-9-27(10-14-29)38(47)45-34-21-22-35(37-36(34)53-42(54-37)31(23-43)24-44)46-39(48)28-11-15-30(16-12-28)41(50)52-33-19-7-26(4-2)8-20-33/h5-8,17-22,27-30H,3-4,9-16H2,1-2H3,(H,45,47)(H,46,48). The molecule has 278 valence electrons. The van der Waals surface area contributed by atoms with Gasteiger partial charge in [0.1, 0.15) is 29.2 Å². The van der Waals surface area contributed by atoms with Crippen molar-refractivity contribution < 1.29 is 28.7 Å². The third-order valence-electron chi connectivity index (χ3n) is 10.4. The van der Waals surface area contributed by atoms with Crippen molar-refractivity contribution in [3.05, 3.63) is 81.6 Å². The molecule has 0 aromatic heterocycles. The molecule has 0 atom stereocenters. The summed E-state index contributed by atoms with van der Waals surface area (Å²) in [6.07, 6.45) is 6.07. The Balaban J connectivity index is 1.06. The maximum Gasteiger partial charge on any atom is 0.314 e. The number of carbonyl (C=O) groups excluding carboxylic acids is 4. The highest BCUT2D eigenvalue weighted by Crippen LogP contribution is 2.57. The monoisotopic (exact) mass is 762 g/mol. The van der Waals surface area contributed by atoms with Crippen LogP contribution in [-0.4, -0.2) is 23.8 Å². The highest BCUT2D eigenvalue weighted by atomic mass is 32.2. The second-order valence-electron chi connectivity index (χ2n) is 13.8. The van der Waals surface area contributed by atoms with Crippen LogP contribution in [-0.2, 0) is 32.0 Å². The molecule has 2 saturated carbocycles. The van der Waals surface area contributed by atoms with Crippen LogP contribution < -0.4 is 20.1 Å². The van der Waals surface area contributed by atoms with Gasteiger partial charge >= 0.3 is 11.9 Å². The number of carbonyl (C=O) groups is 4. The van der Waals surface area contributed by atoms with Gasteiger partial charge in [-0.05, 0) is 112 Å². The van der Waals surface area contributed by atoms with Crippen LogP contribution in [0, 0.1) is 46.3 Å². The summed E-state index contributed by atoms with van der Waals surface area (Å²) in [5.74, 6) is -1.04. The molecule has 0 radical (unpaired) electrons. The van der Waals surface area contributed by atoms with E-state index in [1.165, 1.54) is 23.5 Å². The number of aryl methyl sites for hydroxylation is 2. The molecular formula is C42H42N4O6S2. The third kappa shape index (κ3) is 9.18. The van der Waals surface area contributed by atoms with Crippen molar-refractivity contribution in [3.8, 4) is 23.6 Å². The number of benzene rings is 3. The first-order valence-corrected chi connectivity index (χ1v) is 20.1. The molecule has 0 saturated heterocycles. The maximum absolute atomic E-state index is 13.5. The lowest BCUT2D eigenvalue weighted by molar-refractivity contribution is -0.141. The first-order valence-electron chi connectivity index (χ1n) is 18.5. The highest BCUT2D eigenvalue weighted by molar-refractivity contribution is 8.25. The molecule has 2 aliphatic carbocycles. The van der Waals surface area contributed by atoms with Crippen LogP contribution in [0.4, 0.5) is 11.4 Å². The van der Waals surface area contributed by atoms with Crippen LogP contribution >= 0.6 is 23.5 Å². The van der Waals surface area contributed by atoms with E-state index >= 15 is 0 Å². The van der Waals surface area contributed by atoms with E-state index in [4.69, 9.17) is 9.47 Å². The summed E-state index contributed by atoms with van der Waals surface area (Å²) in [4.78, 5) is 54.1.